The third kappa shape index (κ3) is 3.66. The summed E-state index contributed by atoms with van der Waals surface area (Å²) >= 11 is 2.31. The molecule has 0 atom stereocenters. The summed E-state index contributed by atoms with van der Waals surface area (Å²) in [7, 11) is 0. The quantitative estimate of drug-likeness (QED) is 0.740. The van der Waals surface area contributed by atoms with E-state index in [0.717, 1.165) is 12.8 Å². The summed E-state index contributed by atoms with van der Waals surface area (Å²) in [4.78, 5) is 11.7. The summed E-state index contributed by atoms with van der Waals surface area (Å²) in [6, 6.07) is 8.53. The Morgan fingerprint density at radius 2 is 1.82 bits per heavy atom. The minimum absolute atomic E-state index is 0.129. The second-order valence-corrected chi connectivity index (χ2v) is 6.84. The molecular weight excluding hydrogens is 323 g/mol. The van der Waals surface area contributed by atoms with Crippen molar-refractivity contribution in [3.8, 4) is 0 Å². The van der Waals surface area contributed by atoms with E-state index in [2.05, 4.69) is 60.7 Å². The lowest BCUT2D eigenvalue weighted by molar-refractivity contribution is -0.117. The number of ketones is 1. The van der Waals surface area contributed by atoms with E-state index < -0.39 is 0 Å². The standard InChI is InChI=1S/C15H17IO/c1-15(2)9-12(8-14(17)10-15)7-11-3-5-13(16)6-4-11/h3-6,8H,7,9-10H2,1-2H3. The van der Waals surface area contributed by atoms with Gasteiger partial charge in [-0.05, 0) is 64.6 Å². The fourth-order valence-electron chi connectivity index (χ4n) is 2.46. The highest BCUT2D eigenvalue weighted by molar-refractivity contribution is 14.1. The van der Waals surface area contributed by atoms with E-state index in [1.165, 1.54) is 14.7 Å². The van der Waals surface area contributed by atoms with Gasteiger partial charge in [-0.25, -0.2) is 0 Å². The van der Waals surface area contributed by atoms with Gasteiger partial charge in [-0.1, -0.05) is 31.6 Å². The number of rotatable bonds is 2. The average molecular weight is 340 g/mol. The van der Waals surface area contributed by atoms with E-state index in [0.29, 0.717) is 6.42 Å². The molecule has 17 heavy (non-hydrogen) atoms. The van der Waals surface area contributed by atoms with Gasteiger partial charge in [0.1, 0.15) is 0 Å². The van der Waals surface area contributed by atoms with Gasteiger partial charge in [0.2, 0.25) is 0 Å². The predicted molar refractivity (Wildman–Crippen MR) is 79.0 cm³/mol. The van der Waals surface area contributed by atoms with Crippen LogP contribution in [0.1, 0.15) is 32.3 Å². The molecule has 0 N–H and O–H groups in total. The first-order valence-corrected chi connectivity index (χ1v) is 6.99. The summed E-state index contributed by atoms with van der Waals surface area (Å²) in [6.07, 6.45) is 4.48. The number of halogens is 1. The lowest BCUT2D eigenvalue weighted by atomic mass is 9.75. The van der Waals surface area contributed by atoms with Gasteiger partial charge >= 0.3 is 0 Å². The van der Waals surface area contributed by atoms with Crippen LogP contribution in [-0.2, 0) is 11.2 Å². The third-order valence-electron chi connectivity index (χ3n) is 3.07. The van der Waals surface area contributed by atoms with Crippen molar-refractivity contribution in [1.29, 1.82) is 0 Å². The molecule has 1 aliphatic rings. The van der Waals surface area contributed by atoms with Crippen LogP contribution in [0.4, 0.5) is 0 Å². The number of hydrogen-bond donors (Lipinski definition) is 0. The van der Waals surface area contributed by atoms with Crippen molar-refractivity contribution >= 4 is 28.4 Å². The lowest BCUT2D eigenvalue weighted by Gasteiger charge is -2.28. The minimum Gasteiger partial charge on any atom is -0.295 e. The van der Waals surface area contributed by atoms with Crippen molar-refractivity contribution in [2.45, 2.75) is 33.1 Å². The smallest absolute Gasteiger partial charge is 0.156 e. The van der Waals surface area contributed by atoms with Gasteiger partial charge in [-0.2, -0.15) is 0 Å². The molecule has 1 aromatic rings. The minimum atomic E-state index is 0.129. The van der Waals surface area contributed by atoms with Crippen LogP contribution in [0.15, 0.2) is 35.9 Å². The molecule has 1 aliphatic carbocycles. The summed E-state index contributed by atoms with van der Waals surface area (Å²) in [5.74, 6) is 0.279. The number of benzene rings is 1. The molecule has 0 bridgehead atoms. The van der Waals surface area contributed by atoms with E-state index in [9.17, 15) is 4.79 Å². The van der Waals surface area contributed by atoms with E-state index in [1.807, 2.05) is 6.08 Å². The van der Waals surface area contributed by atoms with E-state index >= 15 is 0 Å². The van der Waals surface area contributed by atoms with Crippen LogP contribution >= 0.6 is 22.6 Å². The fraction of sp³-hybridized carbons (Fsp3) is 0.400. The van der Waals surface area contributed by atoms with Crippen LogP contribution in [0.3, 0.4) is 0 Å². The summed E-state index contributed by atoms with van der Waals surface area (Å²) in [6.45, 7) is 4.34. The Bertz CT molecular complexity index is 454. The van der Waals surface area contributed by atoms with Gasteiger partial charge < -0.3 is 0 Å². The van der Waals surface area contributed by atoms with Crippen molar-refractivity contribution < 1.29 is 4.79 Å². The molecule has 0 fully saturated rings. The zero-order valence-electron chi connectivity index (χ0n) is 10.3. The van der Waals surface area contributed by atoms with Crippen molar-refractivity contribution in [3.63, 3.8) is 0 Å². The van der Waals surface area contributed by atoms with Crippen molar-refractivity contribution in [2.75, 3.05) is 0 Å². The molecule has 0 saturated heterocycles. The van der Waals surface area contributed by atoms with Crippen LogP contribution in [0, 0.1) is 8.99 Å². The topological polar surface area (TPSA) is 17.1 Å². The van der Waals surface area contributed by atoms with Gasteiger partial charge in [-0.15, -0.1) is 0 Å². The number of carbonyl (C=O) groups is 1. The molecule has 0 spiro atoms. The molecule has 2 heteroatoms. The van der Waals surface area contributed by atoms with Crippen LogP contribution in [-0.4, -0.2) is 5.78 Å². The lowest BCUT2D eigenvalue weighted by Crippen LogP contribution is -2.22. The zero-order chi connectivity index (χ0) is 12.5. The van der Waals surface area contributed by atoms with E-state index in [4.69, 9.17) is 0 Å². The molecule has 0 aromatic heterocycles. The van der Waals surface area contributed by atoms with Crippen LogP contribution in [0.25, 0.3) is 0 Å². The van der Waals surface area contributed by atoms with Gasteiger partial charge in [-0.3, -0.25) is 4.79 Å². The van der Waals surface area contributed by atoms with Gasteiger partial charge in [0.25, 0.3) is 0 Å². The highest BCUT2D eigenvalue weighted by Gasteiger charge is 2.27. The first kappa shape index (κ1) is 12.8. The van der Waals surface area contributed by atoms with E-state index in [-0.39, 0.29) is 11.2 Å². The summed E-state index contributed by atoms with van der Waals surface area (Å²) < 4.78 is 1.25. The molecule has 1 nitrogen and oxygen atoms in total. The number of carbonyl (C=O) groups excluding carboxylic acids is 1. The Morgan fingerprint density at radius 1 is 1.18 bits per heavy atom. The van der Waals surface area contributed by atoms with Gasteiger partial charge in [0.05, 0.1) is 0 Å². The van der Waals surface area contributed by atoms with Crippen LogP contribution < -0.4 is 0 Å². The monoisotopic (exact) mass is 340 g/mol. The maximum atomic E-state index is 11.7. The number of hydrogen-bond acceptors (Lipinski definition) is 1. The van der Waals surface area contributed by atoms with Crippen molar-refractivity contribution in [2.24, 2.45) is 5.41 Å². The summed E-state index contributed by atoms with van der Waals surface area (Å²) in [5.41, 5.74) is 2.69. The Labute approximate surface area is 116 Å². The zero-order valence-corrected chi connectivity index (χ0v) is 12.5. The third-order valence-corrected chi connectivity index (χ3v) is 3.79. The molecule has 0 unspecified atom stereocenters. The molecule has 1 aromatic carbocycles. The maximum absolute atomic E-state index is 11.7. The van der Waals surface area contributed by atoms with E-state index in [1.54, 1.807) is 0 Å². The Morgan fingerprint density at radius 3 is 2.41 bits per heavy atom. The fourth-order valence-corrected chi connectivity index (χ4v) is 2.82. The van der Waals surface area contributed by atoms with Crippen LogP contribution in [0.2, 0.25) is 0 Å². The first-order chi connectivity index (χ1) is 7.94. The molecule has 90 valence electrons. The molecule has 0 saturated carbocycles. The molecule has 2 rings (SSSR count). The summed E-state index contributed by atoms with van der Waals surface area (Å²) in [5, 5.41) is 0. The predicted octanol–water partition coefficient (Wildman–Crippen LogP) is 4.15. The molecule has 0 amide bonds. The van der Waals surface area contributed by atoms with Crippen LogP contribution in [0.5, 0.6) is 0 Å². The molecule has 0 aliphatic heterocycles. The van der Waals surface area contributed by atoms with Gasteiger partial charge in [0.15, 0.2) is 5.78 Å². The second kappa shape index (κ2) is 4.92. The molecular formula is C15H17IO. The SMILES string of the molecule is CC1(C)CC(=O)C=C(Cc2ccc(I)cc2)C1. The molecule has 0 heterocycles. The highest BCUT2D eigenvalue weighted by Crippen LogP contribution is 2.34. The van der Waals surface area contributed by atoms with Gasteiger partial charge in [0, 0.05) is 9.99 Å². The maximum Gasteiger partial charge on any atom is 0.156 e. The highest BCUT2D eigenvalue weighted by atomic mass is 127. The number of allylic oxidation sites excluding steroid dienone is 2. The Hall–Kier alpha value is -0.640. The van der Waals surface area contributed by atoms with Crippen molar-refractivity contribution in [3.05, 3.63) is 45.0 Å². The average Bonchev–Trinajstić information content (AvgIpc) is 2.18. The Balaban J connectivity index is 2.13. The largest absolute Gasteiger partial charge is 0.295 e. The molecule has 0 radical (unpaired) electrons. The Kier molecular flexibility index (Phi) is 3.71. The normalized spacial score (nSPS) is 19.0. The second-order valence-electron chi connectivity index (χ2n) is 5.59. The first-order valence-electron chi connectivity index (χ1n) is 5.91. The van der Waals surface area contributed by atoms with Crippen molar-refractivity contribution in [1.82, 2.24) is 0 Å².